The number of nitrogens with one attached hydrogen (secondary N) is 1. The molecule has 1 saturated carbocycles. The molecule has 38 heavy (non-hydrogen) atoms. The van der Waals surface area contributed by atoms with Crippen molar-refractivity contribution in [2.24, 2.45) is 11.7 Å². The predicted molar refractivity (Wildman–Crippen MR) is 163 cm³/mol. The normalized spacial score (nSPS) is 15.5. The van der Waals surface area contributed by atoms with Crippen LogP contribution in [0.4, 0.5) is 5.69 Å². The van der Waals surface area contributed by atoms with Gasteiger partial charge in [-0.1, -0.05) is 83.4 Å². The van der Waals surface area contributed by atoms with E-state index in [1.54, 1.807) is 18.7 Å². The van der Waals surface area contributed by atoms with Crippen molar-refractivity contribution in [2.45, 2.75) is 58.8 Å². The number of allylic oxidation sites excluding steroid dienone is 9. The smallest absolute Gasteiger partial charge is 0.150 e. The number of nitrogens with zero attached hydrogens (tertiary/aromatic N) is 1. The average molecular weight is 518 g/mol. The molecular weight excluding hydrogens is 470 g/mol. The van der Waals surface area contributed by atoms with E-state index in [-0.39, 0.29) is 0 Å². The van der Waals surface area contributed by atoms with Crippen LogP contribution in [-0.2, 0) is 9.53 Å². The zero-order valence-corrected chi connectivity index (χ0v) is 23.6. The maximum Gasteiger partial charge on any atom is 0.150 e. The Morgan fingerprint density at radius 1 is 1.16 bits per heavy atom. The van der Waals surface area contributed by atoms with Gasteiger partial charge in [0.15, 0.2) is 0 Å². The molecule has 0 unspecified atom stereocenters. The van der Waals surface area contributed by atoms with Gasteiger partial charge in [0.25, 0.3) is 0 Å². The second-order valence-electron chi connectivity index (χ2n) is 9.06. The molecule has 0 aromatic carbocycles. The van der Waals surface area contributed by atoms with Gasteiger partial charge >= 0.3 is 0 Å². The van der Waals surface area contributed by atoms with Crippen LogP contribution >= 0.6 is 0 Å². The number of nitrogens with two attached hydrogens (primary N) is 1. The summed E-state index contributed by atoms with van der Waals surface area (Å²) in [6, 6.07) is 3.83. The van der Waals surface area contributed by atoms with Gasteiger partial charge in [0.2, 0.25) is 0 Å². The summed E-state index contributed by atoms with van der Waals surface area (Å²) in [4.78, 5) is 15.0. The molecule has 0 radical (unpaired) electrons. The van der Waals surface area contributed by atoms with E-state index in [0.29, 0.717) is 18.7 Å². The Hall–Kier alpha value is -3.44. The molecule has 0 saturated heterocycles. The fourth-order valence-electron chi connectivity index (χ4n) is 4.26. The topological polar surface area (TPSA) is 77.2 Å². The fourth-order valence-corrected chi connectivity index (χ4v) is 4.26. The van der Waals surface area contributed by atoms with Crippen LogP contribution in [0.1, 0.15) is 58.8 Å². The van der Waals surface area contributed by atoms with Crippen LogP contribution in [0.15, 0.2) is 108 Å². The molecule has 3 N–H and O–H groups in total. The lowest BCUT2D eigenvalue weighted by atomic mass is 9.85. The highest BCUT2D eigenvalue weighted by Gasteiger charge is 2.14. The molecule has 0 bridgehead atoms. The molecule has 0 amide bonds. The first-order valence-corrected chi connectivity index (χ1v) is 13.7. The minimum Gasteiger partial charge on any atom is -0.497 e. The second-order valence-corrected chi connectivity index (χ2v) is 9.06. The van der Waals surface area contributed by atoms with E-state index in [9.17, 15) is 4.79 Å². The lowest BCUT2D eigenvalue weighted by Crippen LogP contribution is -2.08. The number of anilines is 1. The summed E-state index contributed by atoms with van der Waals surface area (Å²) in [6.07, 6.45) is 25.9. The van der Waals surface area contributed by atoms with E-state index in [0.717, 1.165) is 47.5 Å². The zero-order chi connectivity index (χ0) is 28.0. The van der Waals surface area contributed by atoms with E-state index in [1.807, 2.05) is 69.5 Å². The Labute approximate surface area is 230 Å². The fraction of sp³-hybridized carbons (Fsp3) is 0.394. The third kappa shape index (κ3) is 13.2. The van der Waals surface area contributed by atoms with Crippen LogP contribution in [-0.4, -0.2) is 31.5 Å². The summed E-state index contributed by atoms with van der Waals surface area (Å²) in [6.45, 7) is 13.3. The second kappa shape index (κ2) is 20.6. The monoisotopic (exact) mass is 517 g/mol. The first-order chi connectivity index (χ1) is 18.6. The van der Waals surface area contributed by atoms with Crippen molar-refractivity contribution in [1.82, 2.24) is 4.98 Å². The van der Waals surface area contributed by atoms with Gasteiger partial charge in [-0.15, -0.1) is 0 Å². The van der Waals surface area contributed by atoms with E-state index in [1.165, 1.54) is 37.7 Å². The molecule has 1 heterocycles. The van der Waals surface area contributed by atoms with Crippen molar-refractivity contribution in [3.63, 3.8) is 0 Å². The summed E-state index contributed by atoms with van der Waals surface area (Å²) < 4.78 is 5.60. The Kier molecular flexibility index (Phi) is 17.7. The van der Waals surface area contributed by atoms with Gasteiger partial charge in [-0.2, -0.15) is 0 Å². The van der Waals surface area contributed by atoms with Crippen LogP contribution in [0, 0.1) is 5.92 Å². The van der Waals surface area contributed by atoms with Gasteiger partial charge in [-0.05, 0) is 65.3 Å². The molecule has 2 aliphatic carbocycles. The number of hydrogen-bond acceptors (Lipinski definition) is 5. The number of hydrogen-bond donors (Lipinski definition) is 2. The summed E-state index contributed by atoms with van der Waals surface area (Å²) in [7, 11) is 1.88. The number of rotatable bonds is 11. The molecule has 0 aliphatic heterocycles. The van der Waals surface area contributed by atoms with E-state index < -0.39 is 0 Å². The highest BCUT2D eigenvalue weighted by atomic mass is 16.5. The SMILES string of the molecule is C=C(CO/C=C/C=C\C(=C)C1=C(CN)CC=CC(C=O)=C1)CC1CCCCC1.CC.CNc1ccncc1. The van der Waals surface area contributed by atoms with Crippen molar-refractivity contribution in [2.75, 3.05) is 25.5 Å². The van der Waals surface area contributed by atoms with Gasteiger partial charge in [0.05, 0.1) is 6.26 Å². The Morgan fingerprint density at radius 3 is 2.47 bits per heavy atom. The highest BCUT2D eigenvalue weighted by Crippen LogP contribution is 2.28. The van der Waals surface area contributed by atoms with E-state index in [2.05, 4.69) is 23.5 Å². The van der Waals surface area contributed by atoms with Crippen LogP contribution in [0.25, 0.3) is 0 Å². The summed E-state index contributed by atoms with van der Waals surface area (Å²) in [5.41, 5.74) is 11.6. The summed E-state index contributed by atoms with van der Waals surface area (Å²) in [5, 5.41) is 2.99. The average Bonchev–Trinajstić information content (AvgIpc) is 3.19. The molecule has 1 fully saturated rings. The van der Waals surface area contributed by atoms with Crippen molar-refractivity contribution < 1.29 is 9.53 Å². The zero-order valence-electron chi connectivity index (χ0n) is 23.6. The molecule has 5 nitrogen and oxygen atoms in total. The third-order valence-corrected chi connectivity index (χ3v) is 6.24. The number of pyridine rings is 1. The Bertz CT molecular complexity index is 994. The Balaban J connectivity index is 0.000000607. The quantitative estimate of drug-likeness (QED) is 0.136. The standard InChI is InChI=1S/C25H33NO2.C6H8N2.C2H6/c1-20(15-22-10-4-3-5-11-22)19-28-14-7-6-9-21(2)25-16-23(18-27)12-8-13-24(25)17-26;1-7-6-2-4-8-5-3-6;1-2/h6-9,12,14,16,18,22H,1-5,10-11,13,15,17,19,26H2;2-5H,1H3,(H,7,8);1-2H3/b9-6-,14-7+;;. The minimum atomic E-state index is 0.442. The largest absolute Gasteiger partial charge is 0.497 e. The lowest BCUT2D eigenvalue weighted by molar-refractivity contribution is -0.104. The first-order valence-electron chi connectivity index (χ1n) is 13.7. The van der Waals surface area contributed by atoms with Crippen molar-refractivity contribution in [1.29, 1.82) is 0 Å². The summed E-state index contributed by atoms with van der Waals surface area (Å²) in [5.74, 6) is 0.792. The van der Waals surface area contributed by atoms with E-state index in [4.69, 9.17) is 10.5 Å². The van der Waals surface area contributed by atoms with Gasteiger partial charge in [0, 0.05) is 37.2 Å². The van der Waals surface area contributed by atoms with Crippen LogP contribution < -0.4 is 11.1 Å². The molecule has 1 aromatic heterocycles. The first kappa shape index (κ1) is 32.6. The number of aromatic nitrogens is 1. The van der Waals surface area contributed by atoms with Crippen LogP contribution in [0.5, 0.6) is 0 Å². The maximum atomic E-state index is 11.1. The molecule has 1 aromatic rings. The molecule has 206 valence electrons. The van der Waals surface area contributed by atoms with Gasteiger partial charge < -0.3 is 15.8 Å². The van der Waals surface area contributed by atoms with Crippen LogP contribution in [0.3, 0.4) is 0 Å². The summed E-state index contributed by atoms with van der Waals surface area (Å²) >= 11 is 0. The van der Waals surface area contributed by atoms with Gasteiger partial charge in [0.1, 0.15) is 12.9 Å². The molecule has 0 atom stereocenters. The number of carbonyl (C=O) groups excluding carboxylic acids is 1. The molecule has 3 rings (SSSR count). The number of carbonyl (C=O) groups is 1. The number of ether oxygens (including phenoxy) is 1. The van der Waals surface area contributed by atoms with Gasteiger partial charge in [-0.3, -0.25) is 9.78 Å². The number of aldehydes is 1. The van der Waals surface area contributed by atoms with Crippen LogP contribution in [0.2, 0.25) is 0 Å². The van der Waals surface area contributed by atoms with Gasteiger partial charge in [-0.25, -0.2) is 0 Å². The minimum absolute atomic E-state index is 0.442. The third-order valence-electron chi connectivity index (χ3n) is 6.24. The lowest BCUT2D eigenvalue weighted by Gasteiger charge is -2.22. The van der Waals surface area contributed by atoms with Crippen molar-refractivity contribution in [3.8, 4) is 0 Å². The van der Waals surface area contributed by atoms with E-state index >= 15 is 0 Å². The molecule has 2 aliphatic rings. The van der Waals surface area contributed by atoms with Crippen molar-refractivity contribution >= 4 is 12.0 Å². The molecule has 0 spiro atoms. The molecular formula is C33H47N3O2. The predicted octanol–water partition coefficient (Wildman–Crippen LogP) is 7.65. The van der Waals surface area contributed by atoms with Crippen molar-refractivity contribution in [3.05, 3.63) is 108 Å². The Morgan fingerprint density at radius 2 is 1.87 bits per heavy atom. The molecule has 5 heteroatoms. The maximum absolute atomic E-state index is 11.1. The highest BCUT2D eigenvalue weighted by molar-refractivity contribution is 5.80.